The van der Waals surface area contributed by atoms with Crippen molar-refractivity contribution in [3.8, 4) is 0 Å². The van der Waals surface area contributed by atoms with Gasteiger partial charge in [0.05, 0.1) is 12.2 Å². The zero-order chi connectivity index (χ0) is 9.97. The molecule has 2 atom stereocenters. The van der Waals surface area contributed by atoms with Gasteiger partial charge >= 0.3 is 0 Å². The number of hydrogen-bond acceptors (Lipinski definition) is 2. The molecular weight excluding hydrogens is 176 g/mol. The van der Waals surface area contributed by atoms with Crippen LogP contribution in [0.5, 0.6) is 0 Å². The normalized spacial score (nSPS) is 27.6. The predicted octanol–water partition coefficient (Wildman–Crippen LogP) is 2.21. The molecule has 14 heavy (non-hydrogen) atoms. The fourth-order valence-corrected chi connectivity index (χ4v) is 1.88. The molecule has 2 nitrogen and oxygen atoms in total. The molecule has 1 fully saturated rings. The van der Waals surface area contributed by atoms with Crippen LogP contribution in [0.3, 0.4) is 0 Å². The molecule has 76 valence electrons. The summed E-state index contributed by atoms with van der Waals surface area (Å²) in [6, 6.07) is 8.30. The number of aliphatic hydroxyl groups is 1. The van der Waals surface area contributed by atoms with Crippen molar-refractivity contribution in [1.82, 2.24) is 0 Å². The van der Waals surface area contributed by atoms with E-state index in [4.69, 9.17) is 4.74 Å². The van der Waals surface area contributed by atoms with Crippen molar-refractivity contribution in [3.05, 3.63) is 35.4 Å². The summed E-state index contributed by atoms with van der Waals surface area (Å²) in [6.45, 7) is 2.74. The standard InChI is InChI=1S/C12H16O2/c1-9-3-2-4-10(7-9)12-8-11(13)5-6-14-12/h2-4,7,11-13H,5-6,8H2,1H3. The minimum atomic E-state index is -0.200. The number of ether oxygens (including phenoxy) is 1. The van der Waals surface area contributed by atoms with E-state index in [2.05, 4.69) is 25.1 Å². The lowest BCUT2D eigenvalue weighted by Gasteiger charge is -2.26. The molecule has 0 amide bonds. The lowest BCUT2D eigenvalue weighted by atomic mass is 9.98. The molecule has 1 N–H and O–H groups in total. The van der Waals surface area contributed by atoms with Gasteiger partial charge in [-0.25, -0.2) is 0 Å². The predicted molar refractivity (Wildman–Crippen MR) is 55.1 cm³/mol. The van der Waals surface area contributed by atoms with E-state index < -0.39 is 0 Å². The topological polar surface area (TPSA) is 29.5 Å². The Morgan fingerprint density at radius 2 is 2.29 bits per heavy atom. The summed E-state index contributed by atoms with van der Waals surface area (Å²) < 4.78 is 5.63. The first-order valence-corrected chi connectivity index (χ1v) is 5.12. The smallest absolute Gasteiger partial charge is 0.0849 e. The van der Waals surface area contributed by atoms with Gasteiger partial charge in [0.25, 0.3) is 0 Å². The fraction of sp³-hybridized carbons (Fsp3) is 0.500. The molecule has 0 radical (unpaired) electrons. The zero-order valence-electron chi connectivity index (χ0n) is 8.44. The van der Waals surface area contributed by atoms with Crippen molar-refractivity contribution in [1.29, 1.82) is 0 Å². The van der Waals surface area contributed by atoms with Crippen LogP contribution in [0, 0.1) is 6.92 Å². The van der Waals surface area contributed by atoms with Crippen LogP contribution in [0.1, 0.15) is 30.1 Å². The van der Waals surface area contributed by atoms with Crippen molar-refractivity contribution < 1.29 is 9.84 Å². The minimum absolute atomic E-state index is 0.0821. The van der Waals surface area contributed by atoms with Crippen LogP contribution in [-0.2, 0) is 4.74 Å². The average Bonchev–Trinajstić information content (AvgIpc) is 2.18. The molecule has 1 saturated heterocycles. The van der Waals surface area contributed by atoms with Gasteiger partial charge in [-0.1, -0.05) is 29.8 Å². The fourth-order valence-electron chi connectivity index (χ4n) is 1.88. The highest BCUT2D eigenvalue weighted by atomic mass is 16.5. The second-order valence-electron chi connectivity index (χ2n) is 3.95. The van der Waals surface area contributed by atoms with Gasteiger partial charge in [0.2, 0.25) is 0 Å². The van der Waals surface area contributed by atoms with Gasteiger partial charge in [-0.3, -0.25) is 0 Å². The lowest BCUT2D eigenvalue weighted by molar-refractivity contribution is -0.0448. The maximum Gasteiger partial charge on any atom is 0.0849 e. The SMILES string of the molecule is Cc1cccc(C2CC(O)CCO2)c1. The largest absolute Gasteiger partial charge is 0.393 e. The van der Waals surface area contributed by atoms with Gasteiger partial charge in [0.1, 0.15) is 0 Å². The van der Waals surface area contributed by atoms with Crippen molar-refractivity contribution >= 4 is 0 Å². The van der Waals surface area contributed by atoms with Crippen molar-refractivity contribution in [2.24, 2.45) is 0 Å². The van der Waals surface area contributed by atoms with E-state index in [0.29, 0.717) is 6.61 Å². The molecule has 0 saturated carbocycles. The summed E-state index contributed by atoms with van der Waals surface area (Å²) in [7, 11) is 0. The molecule has 0 aromatic heterocycles. The minimum Gasteiger partial charge on any atom is -0.393 e. The third-order valence-electron chi connectivity index (χ3n) is 2.67. The van der Waals surface area contributed by atoms with Crippen LogP contribution in [0.2, 0.25) is 0 Å². The van der Waals surface area contributed by atoms with Crippen molar-refractivity contribution in [2.75, 3.05) is 6.61 Å². The van der Waals surface area contributed by atoms with E-state index in [1.165, 1.54) is 11.1 Å². The van der Waals surface area contributed by atoms with Crippen LogP contribution < -0.4 is 0 Å². The highest BCUT2D eigenvalue weighted by Crippen LogP contribution is 2.28. The molecule has 2 unspecified atom stereocenters. The number of aliphatic hydroxyl groups excluding tert-OH is 1. The number of benzene rings is 1. The third-order valence-corrected chi connectivity index (χ3v) is 2.67. The van der Waals surface area contributed by atoms with Crippen LogP contribution in [-0.4, -0.2) is 17.8 Å². The Labute approximate surface area is 84.5 Å². The summed E-state index contributed by atoms with van der Waals surface area (Å²) in [4.78, 5) is 0. The summed E-state index contributed by atoms with van der Waals surface area (Å²) in [5.41, 5.74) is 2.43. The molecular formula is C12H16O2. The van der Waals surface area contributed by atoms with E-state index >= 15 is 0 Å². The lowest BCUT2D eigenvalue weighted by Crippen LogP contribution is -2.23. The second-order valence-corrected chi connectivity index (χ2v) is 3.95. The van der Waals surface area contributed by atoms with Gasteiger partial charge in [-0.2, -0.15) is 0 Å². The molecule has 0 aliphatic carbocycles. The number of rotatable bonds is 1. The Bertz CT molecular complexity index is 309. The molecule has 0 bridgehead atoms. The van der Waals surface area contributed by atoms with E-state index in [1.807, 2.05) is 6.07 Å². The first-order chi connectivity index (χ1) is 6.75. The molecule has 1 aliphatic heterocycles. The Morgan fingerprint density at radius 3 is 3.00 bits per heavy atom. The Morgan fingerprint density at radius 1 is 1.43 bits per heavy atom. The molecule has 2 heteroatoms. The molecule has 1 aliphatic rings. The van der Waals surface area contributed by atoms with Gasteiger partial charge in [0.15, 0.2) is 0 Å². The maximum absolute atomic E-state index is 9.53. The van der Waals surface area contributed by atoms with Crippen LogP contribution >= 0.6 is 0 Å². The highest BCUT2D eigenvalue weighted by molar-refractivity contribution is 5.24. The van der Waals surface area contributed by atoms with Crippen LogP contribution in [0.4, 0.5) is 0 Å². The van der Waals surface area contributed by atoms with Crippen molar-refractivity contribution in [2.45, 2.75) is 32.0 Å². The zero-order valence-corrected chi connectivity index (χ0v) is 8.44. The first-order valence-electron chi connectivity index (χ1n) is 5.12. The molecule has 0 spiro atoms. The van der Waals surface area contributed by atoms with E-state index in [1.54, 1.807) is 0 Å². The monoisotopic (exact) mass is 192 g/mol. The summed E-state index contributed by atoms with van der Waals surface area (Å²) in [5, 5.41) is 9.53. The second kappa shape index (κ2) is 4.11. The quantitative estimate of drug-likeness (QED) is 0.739. The molecule has 1 aromatic rings. The number of aryl methyl sites for hydroxylation is 1. The van der Waals surface area contributed by atoms with Crippen LogP contribution in [0.15, 0.2) is 24.3 Å². The van der Waals surface area contributed by atoms with Gasteiger partial charge in [0, 0.05) is 13.0 Å². The molecule has 1 heterocycles. The van der Waals surface area contributed by atoms with Crippen LogP contribution in [0.25, 0.3) is 0 Å². The van der Waals surface area contributed by atoms with Crippen molar-refractivity contribution in [3.63, 3.8) is 0 Å². The summed E-state index contributed by atoms with van der Waals surface area (Å²) in [6.07, 6.45) is 1.37. The third kappa shape index (κ3) is 2.14. The Balaban J connectivity index is 2.14. The first kappa shape index (κ1) is 9.69. The van der Waals surface area contributed by atoms with E-state index in [-0.39, 0.29) is 12.2 Å². The molecule has 1 aromatic carbocycles. The average molecular weight is 192 g/mol. The summed E-state index contributed by atoms with van der Waals surface area (Å²) >= 11 is 0. The Kier molecular flexibility index (Phi) is 2.85. The van der Waals surface area contributed by atoms with Gasteiger partial charge in [-0.15, -0.1) is 0 Å². The number of hydrogen-bond donors (Lipinski definition) is 1. The highest BCUT2D eigenvalue weighted by Gasteiger charge is 2.21. The van der Waals surface area contributed by atoms with Gasteiger partial charge in [-0.05, 0) is 18.9 Å². The Hall–Kier alpha value is -0.860. The van der Waals surface area contributed by atoms with Gasteiger partial charge < -0.3 is 9.84 Å². The maximum atomic E-state index is 9.53. The van der Waals surface area contributed by atoms with E-state index in [0.717, 1.165) is 12.8 Å². The van der Waals surface area contributed by atoms with E-state index in [9.17, 15) is 5.11 Å². The molecule has 2 rings (SSSR count). The summed E-state index contributed by atoms with van der Waals surface area (Å²) in [5.74, 6) is 0.